The van der Waals surface area contributed by atoms with Gasteiger partial charge in [-0.15, -0.1) is 0 Å². The van der Waals surface area contributed by atoms with Crippen molar-refractivity contribution in [3.05, 3.63) is 52.4 Å². The summed E-state index contributed by atoms with van der Waals surface area (Å²) >= 11 is 1.59. The van der Waals surface area contributed by atoms with Gasteiger partial charge in [0.05, 0.1) is 11.8 Å². The number of aromatic nitrogens is 2. The van der Waals surface area contributed by atoms with E-state index in [0.717, 1.165) is 41.7 Å². The van der Waals surface area contributed by atoms with Gasteiger partial charge in [-0.1, -0.05) is 30.0 Å². The van der Waals surface area contributed by atoms with Gasteiger partial charge in [-0.3, -0.25) is 9.36 Å². The standard InChI is InChI=1S/C16H18N2O2S/c1-12-10-15(19)18(13-6-3-2-4-7-13)16(17-12)21-11-14-8-5-9-20-14/h2-4,6-7,10,14H,5,8-9,11H2,1H3. The first-order valence-electron chi connectivity index (χ1n) is 7.14. The van der Waals surface area contributed by atoms with Crippen molar-refractivity contribution in [1.29, 1.82) is 0 Å². The summed E-state index contributed by atoms with van der Waals surface area (Å²) in [5.41, 5.74) is 1.57. The van der Waals surface area contributed by atoms with Crippen LogP contribution in [-0.2, 0) is 4.74 Å². The van der Waals surface area contributed by atoms with E-state index in [2.05, 4.69) is 4.98 Å². The van der Waals surface area contributed by atoms with E-state index >= 15 is 0 Å². The zero-order chi connectivity index (χ0) is 14.7. The van der Waals surface area contributed by atoms with Crippen molar-refractivity contribution in [2.45, 2.75) is 31.0 Å². The summed E-state index contributed by atoms with van der Waals surface area (Å²) in [5.74, 6) is 0.836. The molecule has 0 saturated carbocycles. The lowest BCUT2D eigenvalue weighted by atomic mass is 10.3. The summed E-state index contributed by atoms with van der Waals surface area (Å²) in [6.07, 6.45) is 2.49. The van der Waals surface area contributed by atoms with Gasteiger partial charge in [0.1, 0.15) is 0 Å². The van der Waals surface area contributed by atoms with E-state index in [0.29, 0.717) is 0 Å². The number of ether oxygens (including phenoxy) is 1. The fourth-order valence-electron chi connectivity index (χ4n) is 2.43. The molecule has 0 radical (unpaired) electrons. The van der Waals surface area contributed by atoms with Crippen molar-refractivity contribution in [3.63, 3.8) is 0 Å². The SMILES string of the molecule is Cc1cc(=O)n(-c2ccccc2)c(SCC2CCCO2)n1. The Labute approximate surface area is 128 Å². The van der Waals surface area contributed by atoms with Crippen LogP contribution in [0.4, 0.5) is 0 Å². The topological polar surface area (TPSA) is 44.1 Å². The van der Waals surface area contributed by atoms with Crippen LogP contribution in [0.2, 0.25) is 0 Å². The van der Waals surface area contributed by atoms with Crippen LogP contribution in [0, 0.1) is 6.92 Å². The molecule has 21 heavy (non-hydrogen) atoms. The summed E-state index contributed by atoms with van der Waals surface area (Å²) in [7, 11) is 0. The Morgan fingerprint density at radius 3 is 2.90 bits per heavy atom. The molecule has 0 spiro atoms. The minimum Gasteiger partial charge on any atom is -0.377 e. The maximum atomic E-state index is 12.3. The molecule has 0 aliphatic carbocycles. The quantitative estimate of drug-likeness (QED) is 0.643. The van der Waals surface area contributed by atoms with Crippen LogP contribution in [0.25, 0.3) is 5.69 Å². The molecule has 0 N–H and O–H groups in total. The van der Waals surface area contributed by atoms with Crippen molar-refractivity contribution in [2.75, 3.05) is 12.4 Å². The smallest absolute Gasteiger partial charge is 0.258 e. The van der Waals surface area contributed by atoms with E-state index in [-0.39, 0.29) is 11.7 Å². The normalized spacial score (nSPS) is 18.0. The number of aryl methyl sites for hydroxylation is 1. The van der Waals surface area contributed by atoms with E-state index < -0.39 is 0 Å². The van der Waals surface area contributed by atoms with Crippen LogP contribution in [0.3, 0.4) is 0 Å². The van der Waals surface area contributed by atoms with E-state index in [1.165, 1.54) is 0 Å². The van der Waals surface area contributed by atoms with Crippen LogP contribution in [0.5, 0.6) is 0 Å². The number of nitrogens with zero attached hydrogens (tertiary/aromatic N) is 2. The highest BCUT2D eigenvalue weighted by atomic mass is 32.2. The predicted octanol–water partition coefficient (Wildman–Crippen LogP) is 2.81. The van der Waals surface area contributed by atoms with Crippen molar-refractivity contribution in [2.24, 2.45) is 0 Å². The molecule has 0 amide bonds. The van der Waals surface area contributed by atoms with Gasteiger partial charge in [0.2, 0.25) is 0 Å². The molecule has 1 aliphatic heterocycles. The monoisotopic (exact) mass is 302 g/mol. The number of thioether (sulfide) groups is 1. The van der Waals surface area contributed by atoms with Gasteiger partial charge in [-0.05, 0) is 31.9 Å². The Kier molecular flexibility index (Phi) is 4.41. The van der Waals surface area contributed by atoms with Gasteiger partial charge in [-0.2, -0.15) is 0 Å². The highest BCUT2D eigenvalue weighted by molar-refractivity contribution is 7.99. The zero-order valence-electron chi connectivity index (χ0n) is 12.0. The molecule has 1 atom stereocenters. The molecule has 5 heteroatoms. The first kappa shape index (κ1) is 14.4. The van der Waals surface area contributed by atoms with Crippen molar-refractivity contribution in [1.82, 2.24) is 9.55 Å². The van der Waals surface area contributed by atoms with E-state index in [9.17, 15) is 4.79 Å². The number of hydrogen-bond acceptors (Lipinski definition) is 4. The summed E-state index contributed by atoms with van der Waals surface area (Å²) in [6, 6.07) is 11.2. The fraction of sp³-hybridized carbons (Fsp3) is 0.375. The largest absolute Gasteiger partial charge is 0.377 e. The predicted molar refractivity (Wildman–Crippen MR) is 84.3 cm³/mol. The number of rotatable bonds is 4. The van der Waals surface area contributed by atoms with Gasteiger partial charge >= 0.3 is 0 Å². The minimum absolute atomic E-state index is 0.0384. The third-order valence-electron chi connectivity index (χ3n) is 3.45. The molecule has 2 aromatic rings. The van der Waals surface area contributed by atoms with Crippen LogP contribution in [0.1, 0.15) is 18.5 Å². The fourth-order valence-corrected chi connectivity index (χ4v) is 3.56. The second-order valence-corrected chi connectivity index (χ2v) is 6.12. The van der Waals surface area contributed by atoms with Crippen molar-refractivity contribution in [3.8, 4) is 5.69 Å². The third kappa shape index (κ3) is 3.36. The van der Waals surface area contributed by atoms with Crippen LogP contribution in [-0.4, -0.2) is 28.0 Å². The van der Waals surface area contributed by atoms with Gasteiger partial charge in [0, 0.05) is 24.1 Å². The third-order valence-corrected chi connectivity index (χ3v) is 4.52. The van der Waals surface area contributed by atoms with Crippen molar-refractivity contribution < 1.29 is 4.74 Å². The molecule has 110 valence electrons. The highest BCUT2D eigenvalue weighted by Crippen LogP contribution is 2.23. The molecule has 1 aliphatic rings. The van der Waals surface area contributed by atoms with E-state index in [1.54, 1.807) is 22.4 Å². The maximum Gasteiger partial charge on any atom is 0.258 e. The molecule has 4 nitrogen and oxygen atoms in total. The Bertz CT molecular complexity index is 664. The Hall–Kier alpha value is -1.59. The molecular weight excluding hydrogens is 284 g/mol. The molecule has 0 bridgehead atoms. The average molecular weight is 302 g/mol. The first-order chi connectivity index (χ1) is 10.2. The second-order valence-electron chi connectivity index (χ2n) is 5.14. The Morgan fingerprint density at radius 2 is 2.19 bits per heavy atom. The Morgan fingerprint density at radius 1 is 1.38 bits per heavy atom. The number of para-hydroxylation sites is 1. The zero-order valence-corrected chi connectivity index (χ0v) is 12.8. The lowest BCUT2D eigenvalue weighted by Gasteiger charge is -2.14. The summed E-state index contributed by atoms with van der Waals surface area (Å²) in [5, 5.41) is 0.738. The van der Waals surface area contributed by atoms with Gasteiger partial charge in [-0.25, -0.2) is 4.98 Å². The molecule has 2 heterocycles. The Balaban J connectivity index is 1.92. The molecule has 1 fully saturated rings. The van der Waals surface area contributed by atoms with Crippen molar-refractivity contribution >= 4 is 11.8 Å². The molecule has 1 saturated heterocycles. The first-order valence-corrected chi connectivity index (χ1v) is 8.13. The van der Waals surface area contributed by atoms with Gasteiger partial charge in [0.15, 0.2) is 5.16 Å². The summed E-state index contributed by atoms with van der Waals surface area (Å²) in [6.45, 7) is 2.70. The lowest BCUT2D eigenvalue weighted by Crippen LogP contribution is -2.22. The van der Waals surface area contributed by atoms with Crippen LogP contribution in [0.15, 0.2) is 46.3 Å². The molecule has 1 aromatic carbocycles. The highest BCUT2D eigenvalue weighted by Gasteiger charge is 2.18. The van der Waals surface area contributed by atoms with E-state index in [1.807, 2.05) is 37.3 Å². The maximum absolute atomic E-state index is 12.3. The van der Waals surface area contributed by atoms with Crippen LogP contribution >= 0.6 is 11.8 Å². The summed E-state index contributed by atoms with van der Waals surface area (Å²) < 4.78 is 7.32. The minimum atomic E-state index is -0.0384. The molecular formula is C16H18N2O2S. The number of hydrogen-bond donors (Lipinski definition) is 0. The van der Waals surface area contributed by atoms with Crippen LogP contribution < -0.4 is 5.56 Å². The average Bonchev–Trinajstić information content (AvgIpc) is 2.98. The number of benzene rings is 1. The second kappa shape index (κ2) is 6.45. The van der Waals surface area contributed by atoms with Gasteiger partial charge in [0.25, 0.3) is 5.56 Å². The lowest BCUT2D eigenvalue weighted by molar-refractivity contribution is 0.129. The molecule has 3 rings (SSSR count). The molecule has 1 unspecified atom stereocenters. The summed E-state index contributed by atoms with van der Waals surface area (Å²) in [4.78, 5) is 16.9. The molecule has 1 aromatic heterocycles. The van der Waals surface area contributed by atoms with E-state index in [4.69, 9.17) is 4.74 Å². The van der Waals surface area contributed by atoms with Gasteiger partial charge < -0.3 is 4.74 Å².